The Bertz CT molecular complexity index is 1020. The quantitative estimate of drug-likeness (QED) is 0.427. The number of hydrogen-bond acceptors (Lipinski definition) is 6. The second-order valence-electron chi connectivity index (χ2n) is 9.08. The summed E-state index contributed by atoms with van der Waals surface area (Å²) in [5, 5.41) is 11.2. The van der Waals surface area contributed by atoms with Gasteiger partial charge in [-0.05, 0) is 30.5 Å². The molecule has 0 spiro atoms. The fourth-order valence-electron chi connectivity index (χ4n) is 4.85. The van der Waals surface area contributed by atoms with Gasteiger partial charge in [-0.1, -0.05) is 91.0 Å². The number of esters is 1. The Kier molecular flexibility index (Phi) is 6.00. The Hall–Kier alpha value is -3.03. The summed E-state index contributed by atoms with van der Waals surface area (Å²) in [6.45, 7) is 3.39. The zero-order valence-corrected chi connectivity index (χ0v) is 19.2. The van der Waals surface area contributed by atoms with Crippen molar-refractivity contribution in [2.75, 3.05) is 6.61 Å². The maximum absolute atomic E-state index is 12.3. The number of carbonyl (C=O) groups excluding carboxylic acids is 1. The molecular formula is C28H28O6. The fourth-order valence-corrected chi connectivity index (χ4v) is 4.85. The molecule has 0 saturated carbocycles. The Balaban J connectivity index is 1.50. The average molecular weight is 461 g/mol. The molecule has 2 aliphatic heterocycles. The van der Waals surface area contributed by atoms with Crippen LogP contribution >= 0.6 is 0 Å². The lowest BCUT2D eigenvalue weighted by atomic mass is 9.80. The van der Waals surface area contributed by atoms with Gasteiger partial charge in [0.1, 0.15) is 17.8 Å². The molecule has 6 heteroatoms. The van der Waals surface area contributed by atoms with Gasteiger partial charge in [-0.3, -0.25) is 0 Å². The van der Waals surface area contributed by atoms with Crippen LogP contribution in [0, 0.1) is 0 Å². The molecule has 0 bridgehead atoms. The highest BCUT2D eigenvalue weighted by Gasteiger charge is 2.58. The summed E-state index contributed by atoms with van der Waals surface area (Å²) < 4.78 is 23.7. The van der Waals surface area contributed by atoms with Crippen LogP contribution in [0.1, 0.15) is 30.5 Å². The molecule has 2 aliphatic rings. The van der Waals surface area contributed by atoms with Crippen LogP contribution < -0.4 is 0 Å². The van der Waals surface area contributed by atoms with Crippen LogP contribution in [0.5, 0.6) is 0 Å². The molecular weight excluding hydrogens is 432 g/mol. The third kappa shape index (κ3) is 4.03. The van der Waals surface area contributed by atoms with Crippen molar-refractivity contribution in [2.24, 2.45) is 0 Å². The SMILES string of the molecule is CC1(C)O[C@H]2[C@@H]([C@H](O)COC(c3ccccc3)(c3ccccc3)c3ccccc3)OC(=O)[C@H]2O1. The van der Waals surface area contributed by atoms with Crippen LogP contribution in [-0.2, 0) is 29.3 Å². The van der Waals surface area contributed by atoms with Gasteiger partial charge < -0.3 is 24.1 Å². The average Bonchev–Trinajstić information content (AvgIpc) is 3.34. The molecule has 0 unspecified atom stereocenters. The van der Waals surface area contributed by atoms with E-state index >= 15 is 0 Å². The van der Waals surface area contributed by atoms with Gasteiger partial charge in [-0.25, -0.2) is 4.79 Å². The highest BCUT2D eigenvalue weighted by molar-refractivity contribution is 5.78. The summed E-state index contributed by atoms with van der Waals surface area (Å²) in [7, 11) is 0. The first-order valence-electron chi connectivity index (χ1n) is 11.5. The molecule has 0 radical (unpaired) electrons. The number of aliphatic hydroxyl groups is 1. The molecule has 2 heterocycles. The Morgan fingerprint density at radius 2 is 1.32 bits per heavy atom. The third-order valence-corrected chi connectivity index (χ3v) is 6.33. The summed E-state index contributed by atoms with van der Waals surface area (Å²) in [6, 6.07) is 29.7. The predicted molar refractivity (Wildman–Crippen MR) is 125 cm³/mol. The van der Waals surface area contributed by atoms with Crippen molar-refractivity contribution >= 4 is 5.97 Å². The first kappa shape index (κ1) is 22.7. The van der Waals surface area contributed by atoms with E-state index < -0.39 is 41.8 Å². The molecule has 34 heavy (non-hydrogen) atoms. The van der Waals surface area contributed by atoms with E-state index in [9.17, 15) is 9.90 Å². The first-order valence-corrected chi connectivity index (χ1v) is 11.5. The molecule has 6 nitrogen and oxygen atoms in total. The lowest BCUT2D eigenvalue weighted by Gasteiger charge is -2.37. The standard InChI is InChI=1S/C28H28O6/c1-27(2)33-24-23(32-26(30)25(24)34-27)22(29)18-31-28(19-12-6-3-7-13-19,20-14-8-4-9-15-20)21-16-10-5-11-17-21/h3-17,22-25,29H,18H2,1-2H3/t22-,23-,24+,25+/m1/s1. The van der Waals surface area contributed by atoms with Crippen molar-refractivity contribution in [1.29, 1.82) is 0 Å². The Morgan fingerprint density at radius 1 is 0.853 bits per heavy atom. The van der Waals surface area contributed by atoms with Crippen LogP contribution in [0.25, 0.3) is 0 Å². The van der Waals surface area contributed by atoms with E-state index in [1.807, 2.05) is 91.0 Å². The minimum atomic E-state index is -1.12. The maximum atomic E-state index is 12.3. The number of ether oxygens (including phenoxy) is 4. The van der Waals surface area contributed by atoms with Gasteiger partial charge in [0.15, 0.2) is 18.0 Å². The maximum Gasteiger partial charge on any atom is 0.338 e. The molecule has 0 aromatic heterocycles. The van der Waals surface area contributed by atoms with Gasteiger partial charge in [-0.2, -0.15) is 0 Å². The summed E-state index contributed by atoms with van der Waals surface area (Å²) >= 11 is 0. The smallest absolute Gasteiger partial charge is 0.338 e. The topological polar surface area (TPSA) is 74.2 Å². The monoisotopic (exact) mass is 460 g/mol. The predicted octanol–water partition coefficient (Wildman–Crippen LogP) is 3.80. The summed E-state index contributed by atoms with van der Waals surface area (Å²) in [5.41, 5.74) is 1.77. The third-order valence-electron chi connectivity index (χ3n) is 6.33. The molecule has 2 fully saturated rings. The molecule has 4 atom stereocenters. The zero-order valence-electron chi connectivity index (χ0n) is 19.2. The molecule has 3 aromatic carbocycles. The summed E-state index contributed by atoms with van der Waals surface area (Å²) in [4.78, 5) is 12.3. The van der Waals surface area contributed by atoms with E-state index in [0.29, 0.717) is 0 Å². The van der Waals surface area contributed by atoms with Gasteiger partial charge in [0, 0.05) is 0 Å². The van der Waals surface area contributed by atoms with Crippen molar-refractivity contribution in [3.05, 3.63) is 108 Å². The van der Waals surface area contributed by atoms with E-state index in [-0.39, 0.29) is 6.61 Å². The molecule has 0 aliphatic carbocycles. The van der Waals surface area contributed by atoms with Gasteiger partial charge >= 0.3 is 5.97 Å². The van der Waals surface area contributed by atoms with Gasteiger partial charge in [0.2, 0.25) is 0 Å². The largest absolute Gasteiger partial charge is 0.455 e. The van der Waals surface area contributed by atoms with Gasteiger partial charge in [-0.15, -0.1) is 0 Å². The van der Waals surface area contributed by atoms with Crippen LogP contribution in [0.3, 0.4) is 0 Å². The van der Waals surface area contributed by atoms with E-state index in [1.54, 1.807) is 13.8 Å². The number of cyclic esters (lactones) is 1. The lowest BCUT2D eigenvalue weighted by Crippen LogP contribution is -2.43. The molecule has 5 rings (SSSR count). The van der Waals surface area contributed by atoms with Crippen molar-refractivity contribution in [3.8, 4) is 0 Å². The highest BCUT2D eigenvalue weighted by Crippen LogP contribution is 2.42. The number of rotatable bonds is 7. The molecule has 0 amide bonds. The first-order chi connectivity index (χ1) is 16.4. The normalized spacial score (nSPS) is 24.4. The Labute approximate surface area is 199 Å². The fraction of sp³-hybridized carbons (Fsp3) is 0.321. The van der Waals surface area contributed by atoms with E-state index in [1.165, 1.54) is 0 Å². The summed E-state index contributed by atoms with van der Waals surface area (Å²) in [5.74, 6) is -1.45. The van der Waals surface area contributed by atoms with E-state index in [4.69, 9.17) is 18.9 Å². The minimum absolute atomic E-state index is 0.0936. The number of aliphatic hydroxyl groups excluding tert-OH is 1. The second-order valence-corrected chi connectivity index (χ2v) is 9.08. The van der Waals surface area contributed by atoms with Crippen molar-refractivity contribution in [2.45, 2.75) is 49.7 Å². The van der Waals surface area contributed by atoms with Crippen LogP contribution in [0.2, 0.25) is 0 Å². The van der Waals surface area contributed by atoms with Crippen LogP contribution in [-0.4, -0.2) is 47.9 Å². The number of hydrogen-bond donors (Lipinski definition) is 1. The number of benzene rings is 3. The second kappa shape index (κ2) is 8.96. The highest BCUT2D eigenvalue weighted by atomic mass is 16.8. The summed E-state index contributed by atoms with van der Waals surface area (Å²) in [6.07, 6.45) is -3.55. The minimum Gasteiger partial charge on any atom is -0.455 e. The zero-order chi connectivity index (χ0) is 23.8. The van der Waals surface area contributed by atoms with Gasteiger partial charge in [0.05, 0.1) is 6.61 Å². The Morgan fingerprint density at radius 3 is 1.79 bits per heavy atom. The molecule has 3 aromatic rings. The van der Waals surface area contributed by atoms with Crippen molar-refractivity contribution in [1.82, 2.24) is 0 Å². The number of fused-ring (bicyclic) bond motifs is 1. The number of carbonyl (C=O) groups is 1. The van der Waals surface area contributed by atoms with E-state index in [2.05, 4.69) is 0 Å². The molecule has 2 saturated heterocycles. The van der Waals surface area contributed by atoms with Gasteiger partial charge in [0.25, 0.3) is 0 Å². The lowest BCUT2D eigenvalue weighted by molar-refractivity contribution is -0.197. The molecule has 1 N–H and O–H groups in total. The molecule has 176 valence electrons. The van der Waals surface area contributed by atoms with Crippen molar-refractivity contribution < 1.29 is 28.8 Å². The van der Waals surface area contributed by atoms with Crippen molar-refractivity contribution in [3.63, 3.8) is 0 Å². The van der Waals surface area contributed by atoms with E-state index in [0.717, 1.165) is 16.7 Å². The van der Waals surface area contributed by atoms with Crippen LogP contribution in [0.4, 0.5) is 0 Å². The van der Waals surface area contributed by atoms with Crippen LogP contribution in [0.15, 0.2) is 91.0 Å².